The molecule has 0 heterocycles. The molecule has 0 spiro atoms. The predicted molar refractivity (Wildman–Crippen MR) is 76.9 cm³/mol. The van der Waals surface area contributed by atoms with E-state index in [-0.39, 0.29) is 6.54 Å². The van der Waals surface area contributed by atoms with Crippen molar-refractivity contribution in [2.45, 2.75) is 13.0 Å². The summed E-state index contributed by atoms with van der Waals surface area (Å²) in [6.45, 7) is 2.87. The van der Waals surface area contributed by atoms with Crippen LogP contribution in [0.3, 0.4) is 0 Å². The molecule has 0 aromatic heterocycles. The van der Waals surface area contributed by atoms with Gasteiger partial charge in [-0.1, -0.05) is 30.3 Å². The van der Waals surface area contributed by atoms with Crippen molar-refractivity contribution in [1.29, 1.82) is 0 Å². The molecule has 1 rings (SSSR count). The summed E-state index contributed by atoms with van der Waals surface area (Å²) >= 11 is 0. The molecule has 0 aliphatic heterocycles. The van der Waals surface area contributed by atoms with E-state index in [1.54, 1.807) is 13.0 Å². The van der Waals surface area contributed by atoms with E-state index in [4.69, 9.17) is 5.11 Å². The summed E-state index contributed by atoms with van der Waals surface area (Å²) in [6.07, 6.45) is 1.11. The molecule has 0 bridgehead atoms. The third-order valence-electron chi connectivity index (χ3n) is 2.28. The van der Waals surface area contributed by atoms with Crippen LogP contribution >= 0.6 is 0 Å². The van der Waals surface area contributed by atoms with Gasteiger partial charge in [-0.05, 0) is 18.6 Å². The van der Waals surface area contributed by atoms with Gasteiger partial charge >= 0.3 is 0 Å². The van der Waals surface area contributed by atoms with Crippen molar-refractivity contribution < 1.29 is 13.5 Å². The third kappa shape index (κ3) is 7.74. The molecule has 1 atom stereocenters. The monoisotopic (exact) mass is 284 g/mol. The van der Waals surface area contributed by atoms with Crippen molar-refractivity contribution in [3.8, 4) is 0 Å². The number of rotatable bonds is 8. The number of benzene rings is 1. The molecular weight excluding hydrogens is 264 g/mol. The van der Waals surface area contributed by atoms with Crippen molar-refractivity contribution in [2.75, 3.05) is 19.6 Å². The Morgan fingerprint density at radius 2 is 1.95 bits per heavy atom. The van der Waals surface area contributed by atoms with E-state index < -0.39 is 16.1 Å². The molecule has 0 aliphatic carbocycles. The van der Waals surface area contributed by atoms with E-state index >= 15 is 0 Å². The molecule has 0 saturated carbocycles. The van der Waals surface area contributed by atoms with E-state index in [1.807, 2.05) is 30.3 Å². The SMILES string of the molecule is CC(O)CNCCNS(=O)(=O)/C=C/c1ccccc1. The Kier molecular flexibility index (Phi) is 6.72. The molecule has 0 fully saturated rings. The number of hydrogen-bond acceptors (Lipinski definition) is 4. The van der Waals surface area contributed by atoms with E-state index in [0.29, 0.717) is 13.1 Å². The van der Waals surface area contributed by atoms with Gasteiger partial charge in [0.25, 0.3) is 0 Å². The van der Waals surface area contributed by atoms with Gasteiger partial charge in [-0.2, -0.15) is 0 Å². The zero-order valence-electron chi connectivity index (χ0n) is 10.9. The van der Waals surface area contributed by atoms with Crippen LogP contribution in [0.25, 0.3) is 6.08 Å². The fourth-order valence-electron chi connectivity index (χ4n) is 1.37. The van der Waals surface area contributed by atoms with Crippen LogP contribution in [-0.4, -0.2) is 39.3 Å². The van der Waals surface area contributed by atoms with Gasteiger partial charge in [-0.25, -0.2) is 13.1 Å². The van der Waals surface area contributed by atoms with E-state index in [9.17, 15) is 8.42 Å². The maximum absolute atomic E-state index is 11.6. The van der Waals surface area contributed by atoms with Crippen LogP contribution in [0.1, 0.15) is 12.5 Å². The van der Waals surface area contributed by atoms with Crippen LogP contribution < -0.4 is 10.0 Å². The van der Waals surface area contributed by atoms with Crippen LogP contribution in [0.4, 0.5) is 0 Å². The van der Waals surface area contributed by atoms with Gasteiger partial charge in [0.2, 0.25) is 10.0 Å². The van der Waals surface area contributed by atoms with Gasteiger partial charge < -0.3 is 10.4 Å². The van der Waals surface area contributed by atoms with Crippen LogP contribution in [0.5, 0.6) is 0 Å². The number of nitrogens with one attached hydrogen (secondary N) is 2. The lowest BCUT2D eigenvalue weighted by molar-refractivity contribution is 0.192. The van der Waals surface area contributed by atoms with Crippen molar-refractivity contribution in [3.63, 3.8) is 0 Å². The molecule has 19 heavy (non-hydrogen) atoms. The predicted octanol–water partition coefficient (Wildman–Crippen LogP) is 0.547. The van der Waals surface area contributed by atoms with Crippen molar-refractivity contribution in [1.82, 2.24) is 10.0 Å². The second-order valence-electron chi connectivity index (χ2n) is 4.21. The lowest BCUT2D eigenvalue weighted by Gasteiger charge is -2.07. The van der Waals surface area contributed by atoms with Gasteiger partial charge in [0.15, 0.2) is 0 Å². The van der Waals surface area contributed by atoms with Gasteiger partial charge in [-0.3, -0.25) is 0 Å². The first kappa shape index (κ1) is 15.8. The lowest BCUT2D eigenvalue weighted by atomic mass is 10.2. The molecule has 6 heteroatoms. The van der Waals surface area contributed by atoms with E-state index in [0.717, 1.165) is 11.0 Å². The van der Waals surface area contributed by atoms with Gasteiger partial charge in [0, 0.05) is 25.0 Å². The second-order valence-corrected chi connectivity index (χ2v) is 5.86. The van der Waals surface area contributed by atoms with Crippen molar-refractivity contribution >= 4 is 16.1 Å². The van der Waals surface area contributed by atoms with Crippen molar-refractivity contribution in [2.24, 2.45) is 0 Å². The normalized spacial score (nSPS) is 13.8. The zero-order chi connectivity index (χ0) is 14.1. The number of sulfonamides is 1. The molecule has 0 saturated heterocycles. The summed E-state index contributed by atoms with van der Waals surface area (Å²) in [5, 5.41) is 13.1. The molecule has 0 amide bonds. The van der Waals surface area contributed by atoms with Crippen LogP contribution in [0, 0.1) is 0 Å². The van der Waals surface area contributed by atoms with Crippen molar-refractivity contribution in [3.05, 3.63) is 41.3 Å². The lowest BCUT2D eigenvalue weighted by Crippen LogP contribution is -2.33. The Balaban J connectivity index is 2.34. The van der Waals surface area contributed by atoms with E-state index in [1.165, 1.54) is 0 Å². The molecule has 5 nitrogen and oxygen atoms in total. The summed E-state index contributed by atoms with van der Waals surface area (Å²) in [7, 11) is -3.41. The maximum Gasteiger partial charge on any atom is 0.233 e. The minimum Gasteiger partial charge on any atom is -0.392 e. The number of hydrogen-bond donors (Lipinski definition) is 3. The van der Waals surface area contributed by atoms with Gasteiger partial charge in [0.05, 0.1) is 6.10 Å². The average molecular weight is 284 g/mol. The Morgan fingerprint density at radius 1 is 1.26 bits per heavy atom. The van der Waals surface area contributed by atoms with E-state index in [2.05, 4.69) is 10.0 Å². The van der Waals surface area contributed by atoms with Gasteiger partial charge in [-0.15, -0.1) is 0 Å². The number of aliphatic hydroxyl groups is 1. The average Bonchev–Trinajstić information content (AvgIpc) is 2.37. The third-order valence-corrected chi connectivity index (χ3v) is 3.38. The highest BCUT2D eigenvalue weighted by molar-refractivity contribution is 7.92. The smallest absolute Gasteiger partial charge is 0.233 e. The Hall–Kier alpha value is -1.21. The Morgan fingerprint density at radius 3 is 2.58 bits per heavy atom. The highest BCUT2D eigenvalue weighted by Gasteiger charge is 2.03. The number of aliphatic hydroxyl groups excluding tert-OH is 1. The zero-order valence-corrected chi connectivity index (χ0v) is 11.7. The molecular formula is C13H20N2O3S. The molecule has 106 valence electrons. The first-order chi connectivity index (χ1) is 8.99. The highest BCUT2D eigenvalue weighted by Crippen LogP contribution is 2.02. The van der Waals surface area contributed by atoms with Crippen LogP contribution in [0.2, 0.25) is 0 Å². The summed E-state index contributed by atoms with van der Waals surface area (Å²) in [4.78, 5) is 0. The first-order valence-electron chi connectivity index (χ1n) is 6.11. The summed E-state index contributed by atoms with van der Waals surface area (Å²) in [6, 6.07) is 9.23. The van der Waals surface area contributed by atoms with Crippen LogP contribution in [-0.2, 0) is 10.0 Å². The molecule has 1 unspecified atom stereocenters. The Labute approximate surface area is 114 Å². The Bertz CT molecular complexity index is 484. The standard InChI is InChI=1S/C13H20N2O3S/c1-12(16)11-14-8-9-15-19(17,18)10-7-13-5-3-2-4-6-13/h2-7,10,12,14-16H,8-9,11H2,1H3/b10-7+. The van der Waals surface area contributed by atoms with Crippen LogP contribution in [0.15, 0.2) is 35.7 Å². The summed E-state index contributed by atoms with van der Waals surface area (Å²) in [5.41, 5.74) is 0.833. The fourth-order valence-corrected chi connectivity index (χ4v) is 2.19. The largest absolute Gasteiger partial charge is 0.392 e. The molecule has 1 aromatic carbocycles. The van der Waals surface area contributed by atoms with Gasteiger partial charge in [0.1, 0.15) is 0 Å². The minimum atomic E-state index is -3.41. The highest BCUT2D eigenvalue weighted by atomic mass is 32.2. The molecule has 0 aliphatic rings. The molecule has 3 N–H and O–H groups in total. The summed E-state index contributed by atoms with van der Waals surface area (Å²) in [5.74, 6) is 0. The fraction of sp³-hybridized carbons (Fsp3) is 0.385. The first-order valence-corrected chi connectivity index (χ1v) is 7.66. The molecule has 0 radical (unpaired) electrons. The topological polar surface area (TPSA) is 78.4 Å². The summed E-state index contributed by atoms with van der Waals surface area (Å²) < 4.78 is 25.7. The second kappa shape index (κ2) is 8.06. The quantitative estimate of drug-likeness (QED) is 0.609. The maximum atomic E-state index is 11.6. The molecule has 1 aromatic rings. The minimum absolute atomic E-state index is 0.286.